The summed E-state index contributed by atoms with van der Waals surface area (Å²) in [6, 6.07) is 5.77. The molecule has 3 rings (SSSR count). The molecular weight excluding hydrogens is 298 g/mol. The van der Waals surface area contributed by atoms with Crippen molar-refractivity contribution in [3.05, 3.63) is 53.1 Å². The summed E-state index contributed by atoms with van der Waals surface area (Å²) in [5.74, 6) is -0.599. The predicted molar refractivity (Wildman–Crippen MR) is 80.4 cm³/mol. The summed E-state index contributed by atoms with van der Waals surface area (Å²) in [5, 5.41) is 8.81. The molecule has 23 heavy (non-hydrogen) atoms. The van der Waals surface area contributed by atoms with Gasteiger partial charge in [-0.2, -0.15) is 0 Å². The zero-order valence-corrected chi connectivity index (χ0v) is 12.5. The van der Waals surface area contributed by atoms with Gasteiger partial charge in [-0.05, 0) is 18.1 Å². The zero-order valence-electron chi connectivity index (χ0n) is 12.5. The number of aromatic carboxylic acids is 1. The van der Waals surface area contributed by atoms with Gasteiger partial charge in [-0.15, -0.1) is 0 Å². The van der Waals surface area contributed by atoms with Crippen molar-refractivity contribution < 1.29 is 19.4 Å². The van der Waals surface area contributed by atoms with E-state index in [-0.39, 0.29) is 17.3 Å². The highest BCUT2D eigenvalue weighted by atomic mass is 16.5. The molecule has 0 radical (unpaired) electrons. The first-order chi connectivity index (χ1) is 11.1. The van der Waals surface area contributed by atoms with Crippen LogP contribution in [0.4, 0.5) is 0 Å². The van der Waals surface area contributed by atoms with Crippen LogP contribution in [0, 0.1) is 0 Å². The number of hydrogen-bond donors (Lipinski definition) is 1. The fourth-order valence-electron chi connectivity index (χ4n) is 2.65. The van der Waals surface area contributed by atoms with Crippen LogP contribution in [-0.4, -0.2) is 45.5 Å². The van der Waals surface area contributed by atoms with Gasteiger partial charge in [-0.3, -0.25) is 4.79 Å². The Bertz CT molecular complexity index is 758. The van der Waals surface area contributed by atoms with E-state index >= 15 is 0 Å². The maximum atomic E-state index is 12.5. The SMILES string of the molecule is COc1cccc2c1CCN(C(=O)c1cnc(C(=O)O)cn1)C2. The Morgan fingerprint density at radius 3 is 2.61 bits per heavy atom. The molecule has 1 N–H and O–H groups in total. The van der Waals surface area contributed by atoms with Crippen LogP contribution in [0.5, 0.6) is 5.75 Å². The maximum Gasteiger partial charge on any atom is 0.356 e. The molecule has 0 fully saturated rings. The van der Waals surface area contributed by atoms with E-state index in [1.165, 1.54) is 6.20 Å². The largest absolute Gasteiger partial charge is 0.496 e. The van der Waals surface area contributed by atoms with Gasteiger partial charge in [0, 0.05) is 18.7 Å². The van der Waals surface area contributed by atoms with Crippen LogP contribution < -0.4 is 4.74 Å². The fraction of sp³-hybridized carbons (Fsp3) is 0.250. The van der Waals surface area contributed by atoms with Crippen molar-refractivity contribution >= 4 is 11.9 Å². The van der Waals surface area contributed by atoms with E-state index in [1.807, 2.05) is 18.2 Å². The normalized spacial score (nSPS) is 13.3. The smallest absolute Gasteiger partial charge is 0.356 e. The summed E-state index contributed by atoms with van der Waals surface area (Å²) in [5.41, 5.74) is 2.11. The predicted octanol–water partition coefficient (Wildman–Crippen LogP) is 1.38. The molecule has 7 nitrogen and oxygen atoms in total. The van der Waals surface area contributed by atoms with E-state index in [4.69, 9.17) is 9.84 Å². The molecule has 0 saturated heterocycles. The highest BCUT2D eigenvalue weighted by Gasteiger charge is 2.24. The maximum absolute atomic E-state index is 12.5. The lowest BCUT2D eigenvalue weighted by atomic mass is 9.98. The first-order valence-corrected chi connectivity index (χ1v) is 7.09. The van der Waals surface area contributed by atoms with Gasteiger partial charge in [-0.25, -0.2) is 14.8 Å². The van der Waals surface area contributed by atoms with Crippen LogP contribution in [-0.2, 0) is 13.0 Å². The van der Waals surface area contributed by atoms with Gasteiger partial charge in [0.2, 0.25) is 0 Å². The molecule has 7 heteroatoms. The molecule has 0 atom stereocenters. The molecule has 1 aromatic heterocycles. The van der Waals surface area contributed by atoms with Gasteiger partial charge in [-0.1, -0.05) is 12.1 Å². The van der Waals surface area contributed by atoms with Crippen molar-refractivity contribution in [3.8, 4) is 5.75 Å². The number of amides is 1. The molecule has 0 saturated carbocycles. The first-order valence-electron chi connectivity index (χ1n) is 7.09. The number of aromatic nitrogens is 2. The standard InChI is InChI=1S/C16H15N3O4/c1-23-14-4-2-3-10-9-19(6-5-11(10)14)15(20)12-7-18-13(8-17-12)16(21)22/h2-4,7-8H,5-6,9H2,1H3,(H,21,22). The number of nitrogens with zero attached hydrogens (tertiary/aromatic N) is 3. The highest BCUT2D eigenvalue weighted by molar-refractivity contribution is 5.93. The van der Waals surface area contributed by atoms with Crippen LogP contribution in [0.1, 0.15) is 32.1 Å². The average Bonchev–Trinajstić information content (AvgIpc) is 2.60. The zero-order chi connectivity index (χ0) is 16.4. The number of methoxy groups -OCH3 is 1. The number of carbonyl (C=O) groups excluding carboxylic acids is 1. The van der Waals surface area contributed by atoms with Gasteiger partial charge >= 0.3 is 5.97 Å². The molecule has 2 aromatic rings. The summed E-state index contributed by atoms with van der Waals surface area (Å²) >= 11 is 0. The van der Waals surface area contributed by atoms with E-state index in [0.29, 0.717) is 19.5 Å². The fourth-order valence-corrected chi connectivity index (χ4v) is 2.65. The summed E-state index contributed by atoms with van der Waals surface area (Å²) < 4.78 is 5.35. The number of carboxylic acid groups (broad SMARTS) is 1. The summed E-state index contributed by atoms with van der Waals surface area (Å²) in [7, 11) is 1.63. The lowest BCUT2D eigenvalue weighted by molar-refractivity contribution is 0.0683. The lowest BCUT2D eigenvalue weighted by Gasteiger charge is -2.29. The molecule has 2 heterocycles. The second kappa shape index (κ2) is 6.04. The molecule has 118 valence electrons. The summed E-state index contributed by atoms with van der Waals surface area (Å²) in [6.45, 7) is 1.02. The van der Waals surface area contributed by atoms with Crippen molar-refractivity contribution in [3.63, 3.8) is 0 Å². The minimum atomic E-state index is -1.17. The van der Waals surface area contributed by atoms with Crippen molar-refractivity contribution in [1.82, 2.24) is 14.9 Å². The van der Waals surface area contributed by atoms with Crippen molar-refractivity contribution in [2.45, 2.75) is 13.0 Å². The Morgan fingerprint density at radius 2 is 1.96 bits per heavy atom. The molecule has 1 amide bonds. The average molecular weight is 313 g/mol. The van der Waals surface area contributed by atoms with E-state index in [9.17, 15) is 9.59 Å². The molecule has 1 aliphatic heterocycles. The Kier molecular flexibility index (Phi) is 3.92. The van der Waals surface area contributed by atoms with Gasteiger partial charge in [0.1, 0.15) is 11.4 Å². The second-order valence-electron chi connectivity index (χ2n) is 5.17. The van der Waals surface area contributed by atoms with Gasteiger partial charge < -0.3 is 14.7 Å². The molecule has 0 unspecified atom stereocenters. The van der Waals surface area contributed by atoms with Crippen LogP contribution in [0.3, 0.4) is 0 Å². The number of ether oxygens (including phenoxy) is 1. The Balaban J connectivity index is 1.80. The molecule has 0 spiro atoms. The molecule has 0 aliphatic carbocycles. The summed E-state index contributed by atoms with van der Waals surface area (Å²) in [6.07, 6.45) is 3.00. The highest BCUT2D eigenvalue weighted by Crippen LogP contribution is 2.28. The molecule has 0 bridgehead atoms. The molecular formula is C16H15N3O4. The van der Waals surface area contributed by atoms with E-state index < -0.39 is 5.97 Å². The van der Waals surface area contributed by atoms with Crippen LogP contribution in [0.15, 0.2) is 30.6 Å². The number of benzene rings is 1. The second-order valence-corrected chi connectivity index (χ2v) is 5.17. The Labute approximate surface area is 132 Å². The Hall–Kier alpha value is -2.96. The van der Waals surface area contributed by atoms with Crippen LogP contribution in [0.25, 0.3) is 0 Å². The number of hydrogen-bond acceptors (Lipinski definition) is 5. The van der Waals surface area contributed by atoms with E-state index in [1.54, 1.807) is 12.0 Å². The van der Waals surface area contributed by atoms with Gasteiger partial charge in [0.25, 0.3) is 5.91 Å². The first kappa shape index (κ1) is 15.0. The summed E-state index contributed by atoms with van der Waals surface area (Å²) in [4.78, 5) is 32.6. The minimum Gasteiger partial charge on any atom is -0.496 e. The Morgan fingerprint density at radius 1 is 1.22 bits per heavy atom. The lowest BCUT2D eigenvalue weighted by Crippen LogP contribution is -2.36. The third-order valence-electron chi connectivity index (χ3n) is 3.82. The minimum absolute atomic E-state index is 0.140. The van der Waals surface area contributed by atoms with Crippen molar-refractivity contribution in [1.29, 1.82) is 0 Å². The molecule has 1 aromatic carbocycles. The topological polar surface area (TPSA) is 92.6 Å². The van der Waals surface area contributed by atoms with Gasteiger partial charge in [0.05, 0.1) is 19.5 Å². The monoisotopic (exact) mass is 313 g/mol. The van der Waals surface area contributed by atoms with E-state index in [0.717, 1.165) is 23.1 Å². The van der Waals surface area contributed by atoms with Crippen LogP contribution >= 0.6 is 0 Å². The number of fused-ring (bicyclic) bond motifs is 1. The third-order valence-corrected chi connectivity index (χ3v) is 3.82. The van der Waals surface area contributed by atoms with Crippen molar-refractivity contribution in [2.24, 2.45) is 0 Å². The number of carboxylic acids is 1. The van der Waals surface area contributed by atoms with Gasteiger partial charge in [0.15, 0.2) is 5.69 Å². The molecule has 1 aliphatic rings. The number of rotatable bonds is 3. The third kappa shape index (κ3) is 2.85. The van der Waals surface area contributed by atoms with E-state index in [2.05, 4.69) is 9.97 Å². The van der Waals surface area contributed by atoms with Crippen molar-refractivity contribution in [2.75, 3.05) is 13.7 Å². The van der Waals surface area contributed by atoms with Crippen LogP contribution in [0.2, 0.25) is 0 Å². The quantitative estimate of drug-likeness (QED) is 0.920. The number of carbonyl (C=O) groups is 2.